The predicted molar refractivity (Wildman–Crippen MR) is 128 cm³/mol. The lowest BCUT2D eigenvalue weighted by Gasteiger charge is -2.46. The van der Waals surface area contributed by atoms with Gasteiger partial charge >= 0.3 is 0 Å². The van der Waals surface area contributed by atoms with Crippen LogP contribution >= 0.6 is 0 Å². The molecule has 0 spiro atoms. The van der Waals surface area contributed by atoms with Crippen LogP contribution in [0.2, 0.25) is 0 Å². The Morgan fingerprint density at radius 2 is 1.71 bits per heavy atom. The number of rotatable bonds is 8. The summed E-state index contributed by atoms with van der Waals surface area (Å²) in [6, 6.07) is 16.3. The van der Waals surface area contributed by atoms with Gasteiger partial charge in [-0.25, -0.2) is 8.42 Å². The molecule has 0 bridgehead atoms. The van der Waals surface area contributed by atoms with Crippen LogP contribution < -0.4 is 0 Å². The molecule has 1 heterocycles. The van der Waals surface area contributed by atoms with Gasteiger partial charge in [-0.3, -0.25) is 0 Å². The highest BCUT2D eigenvalue weighted by Gasteiger charge is 2.43. The monoisotopic (exact) mass is 439 g/mol. The lowest BCUT2D eigenvalue weighted by Crippen LogP contribution is -2.50. The molecular formula is C27H37NO2S. The first kappa shape index (κ1) is 22.5. The second kappa shape index (κ2) is 9.87. The molecule has 1 fully saturated rings. The van der Waals surface area contributed by atoms with Crippen molar-refractivity contribution in [3.05, 3.63) is 65.2 Å². The van der Waals surface area contributed by atoms with Crippen LogP contribution in [-0.2, 0) is 16.4 Å². The Morgan fingerprint density at radius 1 is 0.968 bits per heavy atom. The summed E-state index contributed by atoms with van der Waals surface area (Å²) < 4.78 is 29.3. The summed E-state index contributed by atoms with van der Waals surface area (Å²) in [6.07, 6.45) is 10.2. The van der Waals surface area contributed by atoms with Crippen LogP contribution in [0.3, 0.4) is 0 Å². The summed E-state index contributed by atoms with van der Waals surface area (Å²) >= 11 is 0. The Bertz CT molecular complexity index is 967. The van der Waals surface area contributed by atoms with Crippen molar-refractivity contribution in [2.45, 2.75) is 88.5 Å². The third kappa shape index (κ3) is 4.90. The van der Waals surface area contributed by atoms with Gasteiger partial charge in [0.25, 0.3) is 0 Å². The topological polar surface area (TPSA) is 37.4 Å². The highest BCUT2D eigenvalue weighted by Crippen LogP contribution is 2.45. The van der Waals surface area contributed by atoms with Crippen LogP contribution in [0.4, 0.5) is 0 Å². The van der Waals surface area contributed by atoms with Crippen molar-refractivity contribution in [2.75, 3.05) is 6.54 Å². The summed E-state index contributed by atoms with van der Waals surface area (Å²) in [4.78, 5) is 0.448. The van der Waals surface area contributed by atoms with Gasteiger partial charge in [0.2, 0.25) is 10.0 Å². The molecule has 3 nitrogen and oxygen atoms in total. The molecule has 168 valence electrons. The summed E-state index contributed by atoms with van der Waals surface area (Å²) in [7, 11) is -3.47. The maximum absolute atomic E-state index is 13.7. The fourth-order valence-corrected chi connectivity index (χ4v) is 7.36. The Hall–Kier alpha value is -1.65. The third-order valence-corrected chi connectivity index (χ3v) is 9.36. The highest BCUT2D eigenvalue weighted by atomic mass is 32.2. The van der Waals surface area contributed by atoms with Crippen molar-refractivity contribution in [3.63, 3.8) is 0 Å². The molecule has 1 aliphatic carbocycles. The van der Waals surface area contributed by atoms with Crippen molar-refractivity contribution in [3.8, 4) is 0 Å². The average Bonchev–Trinajstić information content (AvgIpc) is 2.78. The quantitative estimate of drug-likeness (QED) is 0.442. The van der Waals surface area contributed by atoms with E-state index in [-0.39, 0.29) is 6.04 Å². The van der Waals surface area contributed by atoms with E-state index in [4.69, 9.17) is 0 Å². The van der Waals surface area contributed by atoms with Crippen LogP contribution in [0.25, 0.3) is 0 Å². The summed E-state index contributed by atoms with van der Waals surface area (Å²) in [6.45, 7) is 4.90. The van der Waals surface area contributed by atoms with Gasteiger partial charge in [0, 0.05) is 12.6 Å². The first-order chi connectivity index (χ1) is 15.0. The molecule has 4 rings (SSSR count). The van der Waals surface area contributed by atoms with E-state index in [1.165, 1.54) is 36.8 Å². The maximum Gasteiger partial charge on any atom is 0.243 e. The number of benzene rings is 2. The van der Waals surface area contributed by atoms with E-state index in [0.29, 0.717) is 23.3 Å². The predicted octanol–water partition coefficient (Wildman–Crippen LogP) is 6.46. The van der Waals surface area contributed by atoms with Gasteiger partial charge in [0.15, 0.2) is 0 Å². The number of hydrogen-bond acceptors (Lipinski definition) is 2. The van der Waals surface area contributed by atoms with Crippen molar-refractivity contribution in [1.82, 2.24) is 4.31 Å². The molecule has 0 unspecified atom stereocenters. The number of nitrogens with zero attached hydrogens (tertiary/aromatic N) is 1. The zero-order valence-corrected chi connectivity index (χ0v) is 19.9. The zero-order valence-electron chi connectivity index (χ0n) is 19.1. The minimum atomic E-state index is -3.47. The molecule has 1 aliphatic heterocycles. The van der Waals surface area contributed by atoms with Gasteiger partial charge in [0.05, 0.1) is 4.90 Å². The van der Waals surface area contributed by atoms with E-state index in [1.807, 2.05) is 23.4 Å². The summed E-state index contributed by atoms with van der Waals surface area (Å²) in [5.41, 5.74) is 4.04. The molecule has 0 amide bonds. The highest BCUT2D eigenvalue weighted by molar-refractivity contribution is 7.89. The molecule has 0 aromatic heterocycles. The smallest absolute Gasteiger partial charge is 0.207 e. The number of hydrogen-bond donors (Lipinski definition) is 0. The Balaban J connectivity index is 1.59. The van der Waals surface area contributed by atoms with Gasteiger partial charge < -0.3 is 0 Å². The van der Waals surface area contributed by atoms with Crippen LogP contribution in [0.5, 0.6) is 0 Å². The van der Waals surface area contributed by atoms with E-state index >= 15 is 0 Å². The van der Waals surface area contributed by atoms with Crippen molar-refractivity contribution < 1.29 is 8.42 Å². The number of piperidine rings is 1. The summed E-state index contributed by atoms with van der Waals surface area (Å²) in [5.74, 6) is 0.918. The molecule has 2 aromatic carbocycles. The standard InChI is InChI=1S/C27H37NO2S/c1-3-4-5-6-7-11-24-19-27-23(16-15-22-10-8-9-12-26(22)27)20-28(24)31(29,30)25-17-13-21(2)14-18-25/h8-10,12-14,17-18,23-24,27H,3-7,11,15-16,19-20H2,1-2H3/t23-,24+,27-/m0/s1. The summed E-state index contributed by atoms with van der Waals surface area (Å²) in [5, 5.41) is 0. The van der Waals surface area contributed by atoms with Crippen LogP contribution in [0, 0.1) is 12.8 Å². The molecule has 1 saturated heterocycles. The van der Waals surface area contributed by atoms with E-state index in [9.17, 15) is 8.42 Å². The fourth-order valence-electron chi connectivity index (χ4n) is 5.63. The van der Waals surface area contributed by atoms with Gasteiger partial charge in [0.1, 0.15) is 0 Å². The molecule has 3 atom stereocenters. The van der Waals surface area contributed by atoms with E-state index in [0.717, 1.165) is 37.7 Å². The fraction of sp³-hybridized carbons (Fsp3) is 0.556. The van der Waals surface area contributed by atoms with Gasteiger partial charge in [-0.05, 0) is 67.7 Å². The first-order valence-electron chi connectivity index (χ1n) is 12.2. The molecule has 2 aliphatic rings. The van der Waals surface area contributed by atoms with Crippen LogP contribution in [-0.4, -0.2) is 25.3 Å². The second-order valence-electron chi connectivity index (χ2n) is 9.58. The minimum absolute atomic E-state index is 0.0975. The van der Waals surface area contributed by atoms with E-state index in [2.05, 4.69) is 31.2 Å². The lowest BCUT2D eigenvalue weighted by atomic mass is 9.70. The van der Waals surface area contributed by atoms with Crippen molar-refractivity contribution in [2.24, 2.45) is 5.92 Å². The molecule has 2 aromatic rings. The van der Waals surface area contributed by atoms with Crippen LogP contribution in [0.1, 0.15) is 80.9 Å². The Morgan fingerprint density at radius 3 is 2.48 bits per heavy atom. The SMILES string of the molecule is CCCCCCC[C@@H]1C[C@@H]2c3ccccc3CC[C@H]2CN1S(=O)(=O)c1ccc(C)cc1. The number of aryl methyl sites for hydroxylation is 2. The molecule has 4 heteroatoms. The molecule has 0 saturated carbocycles. The maximum atomic E-state index is 13.7. The zero-order chi connectivity index (χ0) is 21.8. The number of fused-ring (bicyclic) bond motifs is 3. The average molecular weight is 440 g/mol. The van der Waals surface area contributed by atoms with Gasteiger partial charge in [-0.2, -0.15) is 4.31 Å². The minimum Gasteiger partial charge on any atom is -0.207 e. The lowest BCUT2D eigenvalue weighted by molar-refractivity contribution is 0.147. The van der Waals surface area contributed by atoms with Gasteiger partial charge in [-0.15, -0.1) is 0 Å². The largest absolute Gasteiger partial charge is 0.243 e. The first-order valence-corrected chi connectivity index (χ1v) is 13.6. The van der Waals surface area contributed by atoms with E-state index in [1.54, 1.807) is 12.1 Å². The third-order valence-electron chi connectivity index (χ3n) is 7.42. The Labute approximate surface area is 188 Å². The molecule has 31 heavy (non-hydrogen) atoms. The number of sulfonamides is 1. The Kier molecular flexibility index (Phi) is 7.18. The van der Waals surface area contributed by atoms with Crippen molar-refractivity contribution >= 4 is 10.0 Å². The normalized spacial score (nSPS) is 23.9. The van der Waals surface area contributed by atoms with Gasteiger partial charge in [-0.1, -0.05) is 81.0 Å². The molecule has 0 radical (unpaired) electrons. The van der Waals surface area contributed by atoms with Crippen LogP contribution in [0.15, 0.2) is 53.4 Å². The number of unbranched alkanes of at least 4 members (excludes halogenated alkanes) is 4. The molecular weight excluding hydrogens is 402 g/mol. The molecule has 0 N–H and O–H groups in total. The second-order valence-corrected chi connectivity index (χ2v) is 11.5. The van der Waals surface area contributed by atoms with Crippen molar-refractivity contribution in [1.29, 1.82) is 0 Å². The van der Waals surface area contributed by atoms with E-state index < -0.39 is 10.0 Å².